The van der Waals surface area contributed by atoms with E-state index < -0.39 is 0 Å². The maximum absolute atomic E-state index is 4.50. The van der Waals surface area contributed by atoms with Gasteiger partial charge in [0, 0.05) is 0 Å². The summed E-state index contributed by atoms with van der Waals surface area (Å²) in [7, 11) is 0. The largest absolute Gasteiger partial charge is 0.0993 e. The van der Waals surface area contributed by atoms with Crippen molar-refractivity contribution in [3.63, 3.8) is 0 Å². The van der Waals surface area contributed by atoms with Crippen LogP contribution in [0.5, 0.6) is 0 Å². The molecule has 0 aromatic rings. The van der Waals surface area contributed by atoms with Gasteiger partial charge < -0.3 is 0 Å². The Kier molecular flexibility index (Phi) is 4.00. The predicted molar refractivity (Wildman–Crippen MR) is 75.9 cm³/mol. The Bertz CT molecular complexity index is 278. The Balaban J connectivity index is 2.17. The Hall–Kier alpha value is -0.260. The molecule has 6 atom stereocenters. The first kappa shape index (κ1) is 13.2. The van der Waals surface area contributed by atoms with Gasteiger partial charge in [0.15, 0.2) is 0 Å². The molecule has 2 saturated carbocycles. The maximum Gasteiger partial charge on any atom is -0.0146 e. The van der Waals surface area contributed by atoms with Crippen LogP contribution in [0.25, 0.3) is 0 Å². The van der Waals surface area contributed by atoms with Crippen LogP contribution in [0.2, 0.25) is 0 Å². The van der Waals surface area contributed by atoms with Gasteiger partial charge in [-0.2, -0.15) is 0 Å². The molecule has 0 aliphatic heterocycles. The van der Waals surface area contributed by atoms with Crippen LogP contribution in [-0.4, -0.2) is 0 Å². The number of hydrogen-bond acceptors (Lipinski definition) is 0. The summed E-state index contributed by atoms with van der Waals surface area (Å²) in [6.45, 7) is 14.1. The molecule has 0 spiro atoms. The molecule has 0 heterocycles. The molecule has 6 unspecified atom stereocenters. The van der Waals surface area contributed by atoms with Gasteiger partial charge in [-0.25, -0.2) is 0 Å². The van der Waals surface area contributed by atoms with Gasteiger partial charge in [0.05, 0.1) is 0 Å². The summed E-state index contributed by atoms with van der Waals surface area (Å²) in [4.78, 5) is 0. The average Bonchev–Trinajstić information content (AvgIpc) is 2.33. The molecule has 0 aromatic carbocycles. The minimum Gasteiger partial charge on any atom is -0.0993 e. The Morgan fingerprint density at radius 3 is 2.29 bits per heavy atom. The van der Waals surface area contributed by atoms with E-state index in [4.69, 9.17) is 0 Å². The number of fused-ring (bicyclic) bond motifs is 1. The van der Waals surface area contributed by atoms with E-state index in [1.165, 1.54) is 32.1 Å². The van der Waals surface area contributed by atoms with Crippen LogP contribution in [0.3, 0.4) is 0 Å². The van der Waals surface area contributed by atoms with Crippen molar-refractivity contribution in [1.82, 2.24) is 0 Å². The van der Waals surface area contributed by atoms with Crippen LogP contribution in [0, 0.1) is 35.5 Å². The predicted octanol–water partition coefficient (Wildman–Crippen LogP) is 5.30. The molecular weight excluding hydrogens is 204 g/mol. The molecule has 0 bridgehead atoms. The Morgan fingerprint density at radius 2 is 1.71 bits per heavy atom. The average molecular weight is 234 g/mol. The quantitative estimate of drug-likeness (QED) is 0.569. The fourth-order valence-corrected chi connectivity index (χ4v) is 4.79. The van der Waals surface area contributed by atoms with E-state index in [-0.39, 0.29) is 0 Å². The van der Waals surface area contributed by atoms with Crippen LogP contribution in [0.1, 0.15) is 59.8 Å². The van der Waals surface area contributed by atoms with Crippen molar-refractivity contribution >= 4 is 0 Å². The van der Waals surface area contributed by atoms with Crippen LogP contribution in [-0.2, 0) is 0 Å². The number of hydrogen-bond donors (Lipinski definition) is 0. The van der Waals surface area contributed by atoms with E-state index in [9.17, 15) is 0 Å². The highest BCUT2D eigenvalue weighted by molar-refractivity contribution is 5.15. The van der Waals surface area contributed by atoms with Crippen molar-refractivity contribution in [2.45, 2.75) is 59.8 Å². The van der Waals surface area contributed by atoms with E-state index in [0.29, 0.717) is 0 Å². The van der Waals surface area contributed by atoms with Crippen LogP contribution in [0.15, 0.2) is 12.2 Å². The molecule has 17 heavy (non-hydrogen) atoms. The first-order valence-corrected chi connectivity index (χ1v) is 7.78. The lowest BCUT2D eigenvalue weighted by Crippen LogP contribution is -2.41. The van der Waals surface area contributed by atoms with Crippen LogP contribution >= 0.6 is 0 Å². The van der Waals surface area contributed by atoms with Gasteiger partial charge in [-0.15, -0.1) is 0 Å². The molecule has 0 N–H and O–H groups in total. The molecular formula is C17H30. The molecule has 2 rings (SSSR count). The monoisotopic (exact) mass is 234 g/mol. The molecule has 0 aromatic heterocycles. The fourth-order valence-electron chi connectivity index (χ4n) is 4.79. The van der Waals surface area contributed by atoms with Gasteiger partial charge in [-0.3, -0.25) is 0 Å². The number of rotatable bonds is 2. The van der Waals surface area contributed by atoms with Crippen molar-refractivity contribution in [1.29, 1.82) is 0 Å². The highest BCUT2D eigenvalue weighted by Gasteiger charge is 2.43. The normalized spacial score (nSPS) is 46.7. The van der Waals surface area contributed by atoms with Gasteiger partial charge in [-0.05, 0) is 54.8 Å². The lowest BCUT2D eigenvalue weighted by Gasteiger charge is -2.50. The third-order valence-electron chi connectivity index (χ3n) is 6.10. The molecule has 2 fully saturated rings. The third kappa shape index (κ3) is 2.20. The van der Waals surface area contributed by atoms with Crippen molar-refractivity contribution in [3.8, 4) is 0 Å². The topological polar surface area (TPSA) is 0 Å². The molecule has 0 heteroatoms. The lowest BCUT2D eigenvalue weighted by molar-refractivity contribution is 0.0618. The first-order valence-electron chi connectivity index (χ1n) is 7.78. The van der Waals surface area contributed by atoms with Crippen molar-refractivity contribution in [2.75, 3.05) is 0 Å². The molecule has 2 aliphatic carbocycles. The maximum atomic E-state index is 4.50. The molecule has 0 nitrogen and oxygen atoms in total. The Labute approximate surface area is 108 Å². The molecule has 98 valence electrons. The molecule has 0 amide bonds. The van der Waals surface area contributed by atoms with Gasteiger partial charge >= 0.3 is 0 Å². The van der Waals surface area contributed by atoms with Gasteiger partial charge in [0.2, 0.25) is 0 Å². The van der Waals surface area contributed by atoms with Crippen molar-refractivity contribution in [2.24, 2.45) is 35.5 Å². The van der Waals surface area contributed by atoms with Gasteiger partial charge in [0.25, 0.3) is 0 Å². The van der Waals surface area contributed by atoms with Crippen molar-refractivity contribution < 1.29 is 0 Å². The molecule has 0 radical (unpaired) electrons. The summed E-state index contributed by atoms with van der Waals surface area (Å²) in [5.74, 6) is 5.31. The Morgan fingerprint density at radius 1 is 1.06 bits per heavy atom. The SMILES string of the molecule is C=C1C(C)C(CC)CC2CCC(CC)C(C)C12. The van der Waals surface area contributed by atoms with E-state index in [1.54, 1.807) is 5.57 Å². The lowest BCUT2D eigenvalue weighted by atomic mass is 9.55. The van der Waals surface area contributed by atoms with Crippen molar-refractivity contribution in [3.05, 3.63) is 12.2 Å². The highest BCUT2D eigenvalue weighted by atomic mass is 14.5. The number of allylic oxidation sites excluding steroid dienone is 1. The summed E-state index contributed by atoms with van der Waals surface area (Å²) in [6, 6.07) is 0. The molecule has 2 aliphatic rings. The molecule has 0 saturated heterocycles. The summed E-state index contributed by atoms with van der Waals surface area (Å²) in [5.41, 5.74) is 1.60. The smallest absolute Gasteiger partial charge is 0.0146 e. The minimum atomic E-state index is 0.763. The third-order valence-corrected chi connectivity index (χ3v) is 6.10. The van der Waals surface area contributed by atoms with E-state index in [0.717, 1.165) is 35.5 Å². The summed E-state index contributed by atoms with van der Waals surface area (Å²) < 4.78 is 0. The second-order valence-electron chi connectivity index (χ2n) is 6.66. The summed E-state index contributed by atoms with van der Waals surface area (Å²) >= 11 is 0. The minimum absolute atomic E-state index is 0.763. The zero-order valence-corrected chi connectivity index (χ0v) is 12.2. The van der Waals surface area contributed by atoms with Gasteiger partial charge in [-0.1, -0.05) is 52.7 Å². The van der Waals surface area contributed by atoms with E-state index >= 15 is 0 Å². The fraction of sp³-hybridized carbons (Fsp3) is 0.882. The van der Waals surface area contributed by atoms with Gasteiger partial charge in [0.1, 0.15) is 0 Å². The van der Waals surface area contributed by atoms with E-state index in [1.807, 2.05) is 0 Å². The standard InChI is InChI=1S/C17H30/c1-6-14-8-9-16-10-15(7-2)11(3)12(4)17(16)13(14)5/h11,13-17H,4,6-10H2,1-3,5H3. The second-order valence-corrected chi connectivity index (χ2v) is 6.66. The second kappa shape index (κ2) is 5.16. The summed E-state index contributed by atoms with van der Waals surface area (Å²) in [5, 5.41) is 0. The zero-order valence-electron chi connectivity index (χ0n) is 12.2. The van der Waals surface area contributed by atoms with Crippen LogP contribution in [0.4, 0.5) is 0 Å². The summed E-state index contributed by atoms with van der Waals surface area (Å²) in [6.07, 6.45) is 7.12. The highest BCUT2D eigenvalue weighted by Crippen LogP contribution is 2.52. The van der Waals surface area contributed by atoms with E-state index in [2.05, 4.69) is 34.3 Å². The first-order chi connectivity index (χ1) is 8.10. The van der Waals surface area contributed by atoms with Crippen LogP contribution < -0.4 is 0 Å². The zero-order chi connectivity index (χ0) is 12.6.